The summed E-state index contributed by atoms with van der Waals surface area (Å²) in [7, 11) is -4.02. The zero-order chi connectivity index (χ0) is 24.7. The first kappa shape index (κ1) is 25.5. The van der Waals surface area contributed by atoms with Gasteiger partial charge < -0.3 is 15.5 Å². The van der Waals surface area contributed by atoms with Gasteiger partial charge in [-0.2, -0.15) is 4.31 Å². The Morgan fingerprint density at radius 1 is 1.00 bits per heavy atom. The Kier molecular flexibility index (Phi) is 8.51. The summed E-state index contributed by atoms with van der Waals surface area (Å²) >= 11 is 0. The summed E-state index contributed by atoms with van der Waals surface area (Å²) in [5.74, 6) is -0.333. The van der Waals surface area contributed by atoms with Crippen LogP contribution in [0, 0.1) is 6.92 Å². The highest BCUT2D eigenvalue weighted by Crippen LogP contribution is 2.29. The van der Waals surface area contributed by atoms with Gasteiger partial charge in [0.1, 0.15) is 4.90 Å². The second-order valence-corrected chi connectivity index (χ2v) is 9.94. The van der Waals surface area contributed by atoms with Crippen LogP contribution in [0.5, 0.6) is 0 Å². The molecule has 1 aromatic heterocycles. The Morgan fingerprint density at radius 2 is 1.68 bits per heavy atom. The minimum absolute atomic E-state index is 0.0225. The highest BCUT2D eigenvalue weighted by molar-refractivity contribution is 7.89. The molecule has 1 heterocycles. The maximum absolute atomic E-state index is 13.6. The fraction of sp³-hybridized carbons (Fsp3) is 0.280. The van der Waals surface area contributed by atoms with Crippen LogP contribution >= 0.6 is 0 Å². The van der Waals surface area contributed by atoms with Gasteiger partial charge in [0, 0.05) is 30.0 Å². The first-order chi connectivity index (χ1) is 16.3. The smallest absolute Gasteiger partial charge is 0.251 e. The number of hydrogen-bond acceptors (Lipinski definition) is 6. The van der Waals surface area contributed by atoms with Crippen LogP contribution in [0.3, 0.4) is 0 Å². The number of aliphatic hydroxyl groups excluding tert-OH is 2. The molecule has 8 nitrogen and oxygen atoms in total. The molecule has 0 bridgehead atoms. The molecular weight excluding hydrogens is 454 g/mol. The number of benzene rings is 2. The van der Waals surface area contributed by atoms with Crippen molar-refractivity contribution in [1.29, 1.82) is 0 Å². The van der Waals surface area contributed by atoms with Crippen molar-refractivity contribution in [1.82, 2.24) is 14.6 Å². The fourth-order valence-electron chi connectivity index (χ4n) is 3.44. The van der Waals surface area contributed by atoms with Crippen molar-refractivity contribution >= 4 is 15.9 Å². The minimum Gasteiger partial charge on any atom is -0.394 e. The molecule has 1 amide bonds. The lowest BCUT2D eigenvalue weighted by Gasteiger charge is -2.30. The summed E-state index contributed by atoms with van der Waals surface area (Å²) < 4.78 is 28.5. The number of nitrogens with one attached hydrogen (secondary N) is 1. The van der Waals surface area contributed by atoms with E-state index >= 15 is 0 Å². The normalized spacial score (nSPS) is 13.4. The van der Waals surface area contributed by atoms with Crippen LogP contribution in [-0.4, -0.2) is 53.1 Å². The molecule has 3 N–H and O–H groups in total. The third-order valence-corrected chi connectivity index (χ3v) is 7.24. The third-order valence-electron chi connectivity index (χ3n) is 5.40. The molecule has 9 heteroatoms. The van der Waals surface area contributed by atoms with E-state index in [0.717, 1.165) is 0 Å². The molecule has 0 fully saturated rings. The standard InChI is InChI=1S/C25H29N3O5S/c1-18-8-13-23(14-26-18)34(32,33)28(24(17-30)21-6-4-3-5-7-21)15-20-9-11-22(12-10-20)25(31)27-19(2)16-29/h3-14,19,24,29-30H,15-17H2,1-2H3,(H,27,31). The molecule has 180 valence electrons. The fourth-order valence-corrected chi connectivity index (χ4v) is 4.98. The van der Waals surface area contributed by atoms with E-state index in [1.807, 2.05) is 6.07 Å². The van der Waals surface area contributed by atoms with Crippen molar-refractivity contribution in [3.63, 3.8) is 0 Å². The number of hydrogen-bond donors (Lipinski definition) is 3. The monoisotopic (exact) mass is 483 g/mol. The number of aromatic nitrogens is 1. The van der Waals surface area contributed by atoms with Crippen LogP contribution < -0.4 is 5.32 Å². The number of aryl methyl sites for hydroxylation is 1. The van der Waals surface area contributed by atoms with Gasteiger partial charge in [0.15, 0.2) is 0 Å². The molecule has 34 heavy (non-hydrogen) atoms. The van der Waals surface area contributed by atoms with Crippen LogP contribution in [0.15, 0.2) is 77.8 Å². The van der Waals surface area contributed by atoms with Gasteiger partial charge in [0.25, 0.3) is 5.91 Å². The van der Waals surface area contributed by atoms with E-state index in [1.54, 1.807) is 68.4 Å². The molecule has 0 aliphatic carbocycles. The molecule has 0 aliphatic heterocycles. The van der Waals surface area contributed by atoms with Gasteiger partial charge in [-0.3, -0.25) is 9.78 Å². The number of aliphatic hydroxyl groups is 2. The number of amides is 1. The van der Waals surface area contributed by atoms with Gasteiger partial charge >= 0.3 is 0 Å². The maximum Gasteiger partial charge on any atom is 0.251 e. The zero-order valence-electron chi connectivity index (χ0n) is 19.1. The topological polar surface area (TPSA) is 120 Å². The van der Waals surface area contributed by atoms with E-state index in [1.165, 1.54) is 16.6 Å². The van der Waals surface area contributed by atoms with Crippen molar-refractivity contribution in [2.45, 2.75) is 37.4 Å². The molecular formula is C25H29N3O5S. The Labute approximate surface area is 200 Å². The Hall–Kier alpha value is -3.11. The molecule has 0 saturated heterocycles. The van der Waals surface area contributed by atoms with E-state index in [4.69, 9.17) is 5.11 Å². The lowest BCUT2D eigenvalue weighted by Crippen LogP contribution is -2.36. The highest BCUT2D eigenvalue weighted by Gasteiger charge is 2.32. The molecule has 0 radical (unpaired) electrons. The molecule has 2 aromatic carbocycles. The number of carbonyl (C=O) groups excluding carboxylic acids is 1. The number of carbonyl (C=O) groups is 1. The average Bonchev–Trinajstić information content (AvgIpc) is 2.85. The zero-order valence-corrected chi connectivity index (χ0v) is 19.9. The lowest BCUT2D eigenvalue weighted by molar-refractivity contribution is 0.0922. The highest BCUT2D eigenvalue weighted by atomic mass is 32.2. The van der Waals surface area contributed by atoms with Gasteiger partial charge in [-0.25, -0.2) is 8.42 Å². The second kappa shape index (κ2) is 11.3. The van der Waals surface area contributed by atoms with E-state index in [-0.39, 0.29) is 30.0 Å². The van der Waals surface area contributed by atoms with Gasteiger partial charge in [-0.1, -0.05) is 42.5 Å². The Morgan fingerprint density at radius 3 is 2.24 bits per heavy atom. The first-order valence-electron chi connectivity index (χ1n) is 10.9. The van der Waals surface area contributed by atoms with Gasteiger partial charge in [-0.05, 0) is 49.2 Å². The van der Waals surface area contributed by atoms with E-state index < -0.39 is 22.7 Å². The molecule has 2 unspecified atom stereocenters. The molecule has 0 spiro atoms. The largest absolute Gasteiger partial charge is 0.394 e. The van der Waals surface area contributed by atoms with Gasteiger partial charge in [-0.15, -0.1) is 0 Å². The predicted octanol–water partition coefficient (Wildman–Crippen LogP) is 2.43. The van der Waals surface area contributed by atoms with Gasteiger partial charge in [0.2, 0.25) is 10.0 Å². The lowest BCUT2D eigenvalue weighted by atomic mass is 10.1. The minimum atomic E-state index is -4.02. The van der Waals surface area contributed by atoms with Crippen LogP contribution in [0.4, 0.5) is 0 Å². The summed E-state index contributed by atoms with van der Waals surface area (Å²) in [6, 6.07) is 17.4. The number of rotatable bonds is 10. The summed E-state index contributed by atoms with van der Waals surface area (Å²) in [6.07, 6.45) is 1.31. The molecule has 3 aromatic rings. The number of nitrogens with zero attached hydrogens (tertiary/aromatic N) is 2. The average molecular weight is 484 g/mol. The summed E-state index contributed by atoms with van der Waals surface area (Å²) in [4.78, 5) is 16.4. The van der Waals surface area contributed by atoms with Crippen molar-refractivity contribution < 1.29 is 23.4 Å². The molecule has 0 saturated carbocycles. The van der Waals surface area contributed by atoms with Crippen molar-refractivity contribution in [2.75, 3.05) is 13.2 Å². The van der Waals surface area contributed by atoms with Crippen LogP contribution in [0.2, 0.25) is 0 Å². The quantitative estimate of drug-likeness (QED) is 0.407. The van der Waals surface area contributed by atoms with Gasteiger partial charge in [0.05, 0.1) is 19.3 Å². The molecule has 3 rings (SSSR count). The summed E-state index contributed by atoms with van der Waals surface area (Å²) in [5.41, 5.74) is 2.38. The van der Waals surface area contributed by atoms with Crippen LogP contribution in [0.1, 0.15) is 40.1 Å². The summed E-state index contributed by atoms with van der Waals surface area (Å²) in [6.45, 7) is 2.85. The SMILES string of the molecule is Cc1ccc(S(=O)(=O)N(Cc2ccc(C(=O)NC(C)CO)cc2)C(CO)c2ccccc2)cn1. The molecule has 0 aliphatic rings. The molecule has 2 atom stereocenters. The van der Waals surface area contributed by atoms with Crippen molar-refractivity contribution in [3.05, 3.63) is 95.3 Å². The van der Waals surface area contributed by atoms with Crippen LogP contribution in [0.25, 0.3) is 0 Å². The first-order valence-corrected chi connectivity index (χ1v) is 12.3. The number of pyridine rings is 1. The maximum atomic E-state index is 13.6. The van der Waals surface area contributed by atoms with Crippen molar-refractivity contribution in [2.24, 2.45) is 0 Å². The predicted molar refractivity (Wildman–Crippen MR) is 128 cm³/mol. The Balaban J connectivity index is 1.96. The number of sulfonamides is 1. The Bertz CT molecular complexity index is 1180. The van der Waals surface area contributed by atoms with Crippen molar-refractivity contribution in [3.8, 4) is 0 Å². The van der Waals surface area contributed by atoms with E-state index in [0.29, 0.717) is 22.4 Å². The second-order valence-electron chi connectivity index (χ2n) is 8.05. The van der Waals surface area contributed by atoms with E-state index in [9.17, 15) is 18.3 Å². The third kappa shape index (κ3) is 6.06. The van der Waals surface area contributed by atoms with E-state index in [2.05, 4.69) is 10.3 Å². The van der Waals surface area contributed by atoms with Crippen LogP contribution in [-0.2, 0) is 16.6 Å². The summed E-state index contributed by atoms with van der Waals surface area (Å²) in [5, 5.41) is 22.0.